The van der Waals surface area contributed by atoms with E-state index in [4.69, 9.17) is 4.74 Å². The van der Waals surface area contributed by atoms with Gasteiger partial charge in [0.15, 0.2) is 0 Å². The van der Waals surface area contributed by atoms with E-state index in [0.717, 1.165) is 5.39 Å². The number of nitrogens with one attached hydrogen (secondary N) is 1. The standard InChI is InChI=1S/C16H15FN4O2/c1-23-8-7-21(16-18-5-2-6-19-16)15(22)14-9-11-3-4-12(17)10-13(11)20-14/h2-6,9-10,20H,7-8H2,1H3. The van der Waals surface area contributed by atoms with Gasteiger partial charge in [0.2, 0.25) is 5.95 Å². The van der Waals surface area contributed by atoms with Gasteiger partial charge in [-0.1, -0.05) is 0 Å². The van der Waals surface area contributed by atoms with E-state index in [0.29, 0.717) is 30.3 Å². The first-order valence-corrected chi connectivity index (χ1v) is 7.05. The second kappa shape index (κ2) is 6.53. The highest BCUT2D eigenvalue weighted by Gasteiger charge is 2.21. The Balaban J connectivity index is 1.95. The van der Waals surface area contributed by atoms with Gasteiger partial charge < -0.3 is 9.72 Å². The van der Waals surface area contributed by atoms with Crippen LogP contribution in [0.15, 0.2) is 42.7 Å². The van der Waals surface area contributed by atoms with Crippen molar-refractivity contribution >= 4 is 22.8 Å². The first-order chi connectivity index (χ1) is 11.2. The van der Waals surface area contributed by atoms with E-state index in [1.807, 2.05) is 0 Å². The van der Waals surface area contributed by atoms with Gasteiger partial charge in [-0.25, -0.2) is 14.4 Å². The van der Waals surface area contributed by atoms with E-state index < -0.39 is 0 Å². The summed E-state index contributed by atoms with van der Waals surface area (Å²) in [7, 11) is 1.56. The molecule has 3 aromatic rings. The molecule has 2 heterocycles. The van der Waals surface area contributed by atoms with Crippen LogP contribution in [0.4, 0.5) is 10.3 Å². The Morgan fingerprint density at radius 1 is 1.30 bits per heavy atom. The normalized spacial score (nSPS) is 10.9. The molecule has 0 aliphatic heterocycles. The van der Waals surface area contributed by atoms with Gasteiger partial charge in [-0.15, -0.1) is 0 Å². The molecule has 0 fully saturated rings. The molecule has 0 unspecified atom stereocenters. The highest BCUT2D eigenvalue weighted by Crippen LogP contribution is 2.19. The van der Waals surface area contributed by atoms with Gasteiger partial charge >= 0.3 is 0 Å². The van der Waals surface area contributed by atoms with Gasteiger partial charge in [-0.05, 0) is 30.3 Å². The first kappa shape index (κ1) is 15.1. The fourth-order valence-corrected chi connectivity index (χ4v) is 2.27. The largest absolute Gasteiger partial charge is 0.383 e. The maximum atomic E-state index is 13.3. The maximum absolute atomic E-state index is 13.3. The molecular weight excluding hydrogens is 299 g/mol. The van der Waals surface area contributed by atoms with Crippen LogP contribution in [0.1, 0.15) is 10.5 Å². The molecule has 0 bridgehead atoms. The number of rotatable bonds is 5. The number of halogens is 1. The van der Waals surface area contributed by atoms with Crippen LogP contribution in [0.5, 0.6) is 0 Å². The van der Waals surface area contributed by atoms with Crippen LogP contribution in [-0.4, -0.2) is 41.1 Å². The minimum atomic E-state index is -0.360. The molecule has 0 atom stereocenters. The average Bonchev–Trinajstić information content (AvgIpc) is 2.99. The van der Waals surface area contributed by atoms with Gasteiger partial charge in [0.1, 0.15) is 11.5 Å². The second-order valence-corrected chi connectivity index (χ2v) is 4.91. The Morgan fingerprint density at radius 3 is 2.83 bits per heavy atom. The molecule has 0 saturated heterocycles. The topological polar surface area (TPSA) is 71.1 Å². The van der Waals surface area contributed by atoms with Crippen molar-refractivity contribution in [3.05, 3.63) is 54.2 Å². The van der Waals surface area contributed by atoms with Crippen molar-refractivity contribution in [3.8, 4) is 0 Å². The Bertz CT molecular complexity index is 819. The SMILES string of the molecule is COCCN(C(=O)c1cc2ccc(F)cc2[nH]1)c1ncccn1. The number of ether oxygens (including phenoxy) is 1. The van der Waals surface area contributed by atoms with Crippen LogP contribution in [0.25, 0.3) is 10.9 Å². The number of nitrogens with zero attached hydrogens (tertiary/aromatic N) is 3. The zero-order chi connectivity index (χ0) is 16.2. The molecule has 1 amide bonds. The number of fused-ring (bicyclic) bond motifs is 1. The molecule has 0 saturated carbocycles. The van der Waals surface area contributed by atoms with Crippen molar-refractivity contribution in [1.29, 1.82) is 0 Å². The molecular formula is C16H15FN4O2. The molecule has 7 heteroatoms. The Hall–Kier alpha value is -2.80. The van der Waals surface area contributed by atoms with Gasteiger partial charge in [0, 0.05) is 30.4 Å². The van der Waals surface area contributed by atoms with Crippen molar-refractivity contribution in [2.24, 2.45) is 0 Å². The van der Waals surface area contributed by atoms with E-state index in [-0.39, 0.29) is 11.7 Å². The number of H-pyrrole nitrogens is 1. The molecule has 0 spiro atoms. The van der Waals surface area contributed by atoms with Crippen molar-refractivity contribution in [3.63, 3.8) is 0 Å². The summed E-state index contributed by atoms with van der Waals surface area (Å²) in [5.74, 6) is -0.370. The highest BCUT2D eigenvalue weighted by atomic mass is 19.1. The van der Waals surface area contributed by atoms with Crippen molar-refractivity contribution in [2.45, 2.75) is 0 Å². The highest BCUT2D eigenvalue weighted by molar-refractivity contribution is 6.06. The van der Waals surface area contributed by atoms with E-state index in [2.05, 4.69) is 15.0 Å². The molecule has 23 heavy (non-hydrogen) atoms. The van der Waals surface area contributed by atoms with E-state index in [1.165, 1.54) is 17.0 Å². The molecule has 1 N–H and O–H groups in total. The third-order valence-corrected chi connectivity index (χ3v) is 3.37. The van der Waals surface area contributed by atoms with Crippen molar-refractivity contribution < 1.29 is 13.9 Å². The van der Waals surface area contributed by atoms with Gasteiger partial charge in [-0.3, -0.25) is 9.69 Å². The lowest BCUT2D eigenvalue weighted by Crippen LogP contribution is -2.35. The Labute approximate surface area is 131 Å². The van der Waals surface area contributed by atoms with Crippen molar-refractivity contribution in [1.82, 2.24) is 15.0 Å². The smallest absolute Gasteiger partial charge is 0.277 e. The van der Waals surface area contributed by atoms with Crippen LogP contribution >= 0.6 is 0 Å². The number of aromatic amines is 1. The number of benzene rings is 1. The summed E-state index contributed by atoms with van der Waals surface area (Å²) < 4.78 is 18.3. The summed E-state index contributed by atoms with van der Waals surface area (Å²) in [6.45, 7) is 0.655. The number of carbonyl (C=O) groups excluding carboxylic acids is 1. The second-order valence-electron chi connectivity index (χ2n) is 4.91. The third kappa shape index (κ3) is 3.19. The zero-order valence-corrected chi connectivity index (χ0v) is 12.5. The quantitative estimate of drug-likeness (QED) is 0.785. The predicted molar refractivity (Wildman–Crippen MR) is 83.8 cm³/mol. The Kier molecular flexibility index (Phi) is 4.29. The number of hydrogen-bond donors (Lipinski definition) is 1. The summed E-state index contributed by atoms with van der Waals surface area (Å²) in [5, 5.41) is 0.760. The molecule has 6 nitrogen and oxygen atoms in total. The fourth-order valence-electron chi connectivity index (χ4n) is 2.27. The zero-order valence-electron chi connectivity index (χ0n) is 12.5. The number of hydrogen-bond acceptors (Lipinski definition) is 4. The molecule has 0 aliphatic carbocycles. The summed E-state index contributed by atoms with van der Waals surface area (Å²) in [6, 6.07) is 7.68. The van der Waals surface area contributed by atoms with E-state index in [1.54, 1.807) is 37.7 Å². The van der Waals surface area contributed by atoms with Crippen LogP contribution in [0, 0.1) is 5.82 Å². The van der Waals surface area contributed by atoms with Gasteiger partial charge in [0.25, 0.3) is 5.91 Å². The number of carbonyl (C=O) groups is 1. The predicted octanol–water partition coefficient (Wildman–Crippen LogP) is 2.39. The molecule has 2 aromatic heterocycles. The number of methoxy groups -OCH3 is 1. The lowest BCUT2D eigenvalue weighted by Gasteiger charge is -2.19. The first-order valence-electron chi connectivity index (χ1n) is 7.05. The number of amides is 1. The maximum Gasteiger partial charge on any atom is 0.277 e. The van der Waals surface area contributed by atoms with E-state index in [9.17, 15) is 9.18 Å². The number of anilines is 1. The van der Waals surface area contributed by atoms with Crippen LogP contribution in [0.2, 0.25) is 0 Å². The van der Waals surface area contributed by atoms with E-state index >= 15 is 0 Å². The summed E-state index contributed by atoms with van der Waals surface area (Å²) in [6.07, 6.45) is 3.13. The number of aromatic nitrogens is 3. The molecule has 0 radical (unpaired) electrons. The van der Waals surface area contributed by atoms with Gasteiger partial charge in [0.05, 0.1) is 13.2 Å². The fraction of sp³-hybridized carbons (Fsp3) is 0.188. The van der Waals surface area contributed by atoms with Crippen molar-refractivity contribution in [2.75, 3.05) is 25.2 Å². The summed E-state index contributed by atoms with van der Waals surface area (Å²) in [5.41, 5.74) is 0.906. The lowest BCUT2D eigenvalue weighted by atomic mass is 10.2. The molecule has 118 valence electrons. The average molecular weight is 314 g/mol. The summed E-state index contributed by atoms with van der Waals surface area (Å²) in [4.78, 5) is 25.3. The lowest BCUT2D eigenvalue weighted by molar-refractivity contribution is 0.0970. The minimum absolute atomic E-state index is 0.291. The van der Waals surface area contributed by atoms with Crippen LogP contribution in [0.3, 0.4) is 0 Å². The van der Waals surface area contributed by atoms with Gasteiger partial charge in [-0.2, -0.15) is 0 Å². The third-order valence-electron chi connectivity index (χ3n) is 3.37. The minimum Gasteiger partial charge on any atom is -0.383 e. The Morgan fingerprint density at radius 2 is 2.09 bits per heavy atom. The monoisotopic (exact) mass is 314 g/mol. The molecule has 3 rings (SSSR count). The molecule has 0 aliphatic rings. The van der Waals surface area contributed by atoms with Crippen LogP contribution in [-0.2, 0) is 4.74 Å². The van der Waals surface area contributed by atoms with Crippen LogP contribution < -0.4 is 4.90 Å². The summed E-state index contributed by atoms with van der Waals surface area (Å²) >= 11 is 0. The molecule has 1 aromatic carbocycles.